The van der Waals surface area contributed by atoms with Crippen molar-refractivity contribution in [2.24, 2.45) is 5.92 Å². The highest BCUT2D eigenvalue weighted by Gasteiger charge is 2.18. The number of carbonyl (C=O) groups is 1. The SMILES string of the molecule is O=C1CCCCCC1C/C=C\I. The predicted molar refractivity (Wildman–Crippen MR) is 59.4 cm³/mol. The van der Waals surface area contributed by atoms with Crippen LogP contribution in [0.5, 0.6) is 0 Å². The molecule has 1 saturated carbocycles. The van der Waals surface area contributed by atoms with Crippen molar-refractivity contribution < 1.29 is 4.79 Å². The Morgan fingerprint density at radius 2 is 2.25 bits per heavy atom. The smallest absolute Gasteiger partial charge is 0.136 e. The summed E-state index contributed by atoms with van der Waals surface area (Å²) in [6, 6.07) is 0. The van der Waals surface area contributed by atoms with Gasteiger partial charge in [-0.1, -0.05) is 41.5 Å². The number of Topliss-reactive ketones (excluding diaryl/α,β-unsaturated/α-hetero) is 1. The Morgan fingerprint density at radius 3 is 3.00 bits per heavy atom. The van der Waals surface area contributed by atoms with E-state index in [0.29, 0.717) is 11.7 Å². The van der Waals surface area contributed by atoms with Crippen molar-refractivity contribution in [3.05, 3.63) is 10.2 Å². The zero-order valence-electron chi connectivity index (χ0n) is 7.26. The Hall–Kier alpha value is 0.140. The fourth-order valence-corrected chi connectivity index (χ4v) is 1.99. The Balaban J connectivity index is 2.42. The third-order valence-corrected chi connectivity index (χ3v) is 2.95. The van der Waals surface area contributed by atoms with E-state index in [9.17, 15) is 4.79 Å². The van der Waals surface area contributed by atoms with E-state index in [4.69, 9.17) is 0 Å². The van der Waals surface area contributed by atoms with Crippen LogP contribution in [0.4, 0.5) is 0 Å². The maximum Gasteiger partial charge on any atom is 0.136 e. The summed E-state index contributed by atoms with van der Waals surface area (Å²) in [5, 5.41) is 0. The van der Waals surface area contributed by atoms with Gasteiger partial charge in [0.2, 0.25) is 0 Å². The Morgan fingerprint density at radius 1 is 1.42 bits per heavy atom. The first-order chi connectivity index (χ1) is 5.84. The number of ketones is 1. The molecule has 0 saturated heterocycles. The van der Waals surface area contributed by atoms with Crippen molar-refractivity contribution in [2.45, 2.75) is 38.5 Å². The van der Waals surface area contributed by atoms with Gasteiger partial charge in [0.05, 0.1) is 0 Å². The van der Waals surface area contributed by atoms with Gasteiger partial charge in [0.25, 0.3) is 0 Å². The molecule has 1 fully saturated rings. The minimum atomic E-state index is 0.332. The van der Waals surface area contributed by atoms with Crippen LogP contribution in [-0.4, -0.2) is 5.78 Å². The van der Waals surface area contributed by atoms with Gasteiger partial charge >= 0.3 is 0 Å². The zero-order chi connectivity index (χ0) is 8.81. The monoisotopic (exact) mass is 278 g/mol. The summed E-state index contributed by atoms with van der Waals surface area (Å²) < 4.78 is 2.01. The van der Waals surface area contributed by atoms with Crippen molar-refractivity contribution in [1.29, 1.82) is 0 Å². The fourth-order valence-electron chi connectivity index (χ4n) is 1.70. The van der Waals surface area contributed by atoms with Gasteiger partial charge < -0.3 is 0 Å². The highest BCUT2D eigenvalue weighted by molar-refractivity contribution is 14.1. The highest BCUT2D eigenvalue weighted by Crippen LogP contribution is 2.22. The summed E-state index contributed by atoms with van der Waals surface area (Å²) in [5.74, 6) is 0.820. The number of rotatable bonds is 2. The second-order valence-corrected chi connectivity index (χ2v) is 4.08. The Bertz CT molecular complexity index is 175. The molecule has 0 heterocycles. The van der Waals surface area contributed by atoms with E-state index in [1.54, 1.807) is 0 Å². The van der Waals surface area contributed by atoms with E-state index in [2.05, 4.69) is 28.7 Å². The molecule has 1 nitrogen and oxygen atoms in total. The molecule has 0 spiro atoms. The number of allylic oxidation sites excluding steroid dienone is 1. The van der Waals surface area contributed by atoms with E-state index in [1.165, 1.54) is 12.8 Å². The standard InChI is InChI=1S/C10H15IO/c11-8-4-6-9-5-2-1-3-7-10(9)12/h4,8-9H,1-3,5-7H2/b8-4-. The zero-order valence-corrected chi connectivity index (χ0v) is 9.42. The van der Waals surface area contributed by atoms with Crippen molar-refractivity contribution in [1.82, 2.24) is 0 Å². The molecule has 0 aromatic rings. The van der Waals surface area contributed by atoms with Crippen molar-refractivity contribution in [3.8, 4) is 0 Å². The summed E-state index contributed by atoms with van der Waals surface area (Å²) in [6.45, 7) is 0. The molecule has 0 N–H and O–H groups in total. The molecule has 12 heavy (non-hydrogen) atoms. The summed E-state index contributed by atoms with van der Waals surface area (Å²) in [4.78, 5) is 11.5. The average molecular weight is 278 g/mol. The van der Waals surface area contributed by atoms with E-state index >= 15 is 0 Å². The highest BCUT2D eigenvalue weighted by atomic mass is 127. The van der Waals surface area contributed by atoms with E-state index < -0.39 is 0 Å². The number of hydrogen-bond donors (Lipinski definition) is 0. The van der Waals surface area contributed by atoms with Crippen LogP contribution in [0, 0.1) is 5.92 Å². The first kappa shape index (κ1) is 10.2. The van der Waals surface area contributed by atoms with Gasteiger partial charge in [-0.25, -0.2) is 0 Å². The van der Waals surface area contributed by atoms with Gasteiger partial charge in [-0.05, 0) is 23.3 Å². The molecule has 0 aromatic carbocycles. The summed E-state index contributed by atoms with van der Waals surface area (Å²) in [5.41, 5.74) is 0. The van der Waals surface area contributed by atoms with E-state index in [-0.39, 0.29) is 0 Å². The van der Waals surface area contributed by atoms with Gasteiger partial charge in [-0.2, -0.15) is 0 Å². The fraction of sp³-hybridized carbons (Fsp3) is 0.700. The predicted octanol–water partition coefficient (Wildman–Crippen LogP) is 3.47. The molecule has 0 bridgehead atoms. The first-order valence-electron chi connectivity index (χ1n) is 4.62. The molecule has 1 rings (SSSR count). The van der Waals surface area contributed by atoms with Crippen molar-refractivity contribution >= 4 is 28.4 Å². The maximum absolute atomic E-state index is 11.5. The lowest BCUT2D eigenvalue weighted by atomic mass is 9.96. The summed E-state index contributed by atoms with van der Waals surface area (Å²) in [6.07, 6.45) is 8.60. The normalized spacial score (nSPS) is 26.1. The van der Waals surface area contributed by atoms with Crippen molar-refractivity contribution in [3.63, 3.8) is 0 Å². The molecule has 68 valence electrons. The van der Waals surface area contributed by atoms with Crippen LogP contribution in [0.15, 0.2) is 10.2 Å². The first-order valence-corrected chi connectivity index (χ1v) is 5.87. The second-order valence-electron chi connectivity index (χ2n) is 3.36. The van der Waals surface area contributed by atoms with Gasteiger partial charge in [-0.3, -0.25) is 4.79 Å². The molecular formula is C10H15IO. The van der Waals surface area contributed by atoms with E-state index in [1.807, 2.05) is 4.08 Å². The maximum atomic E-state index is 11.5. The van der Waals surface area contributed by atoms with E-state index in [0.717, 1.165) is 25.7 Å². The molecule has 0 radical (unpaired) electrons. The largest absolute Gasteiger partial charge is 0.299 e. The molecule has 0 aromatic heterocycles. The van der Waals surface area contributed by atoms with Gasteiger partial charge in [0.1, 0.15) is 5.78 Å². The van der Waals surface area contributed by atoms with Crippen LogP contribution >= 0.6 is 22.6 Å². The minimum absolute atomic E-state index is 0.332. The van der Waals surface area contributed by atoms with Crippen LogP contribution in [0.25, 0.3) is 0 Å². The third-order valence-electron chi connectivity index (χ3n) is 2.44. The average Bonchev–Trinajstić information content (AvgIpc) is 2.27. The van der Waals surface area contributed by atoms with Gasteiger partial charge in [-0.15, -0.1) is 0 Å². The number of halogens is 1. The number of hydrogen-bond acceptors (Lipinski definition) is 1. The quantitative estimate of drug-likeness (QED) is 0.558. The van der Waals surface area contributed by atoms with Crippen LogP contribution in [0.3, 0.4) is 0 Å². The summed E-state index contributed by atoms with van der Waals surface area (Å²) >= 11 is 2.21. The van der Waals surface area contributed by atoms with Crippen molar-refractivity contribution in [2.75, 3.05) is 0 Å². The Labute approximate surface area is 87.8 Å². The molecule has 0 amide bonds. The molecule has 1 unspecified atom stereocenters. The van der Waals surface area contributed by atoms with Crippen LogP contribution in [-0.2, 0) is 4.79 Å². The lowest BCUT2D eigenvalue weighted by molar-refractivity contribution is -0.122. The minimum Gasteiger partial charge on any atom is -0.299 e. The lowest BCUT2D eigenvalue weighted by Gasteiger charge is -2.08. The summed E-state index contributed by atoms with van der Waals surface area (Å²) in [7, 11) is 0. The van der Waals surface area contributed by atoms with Crippen LogP contribution < -0.4 is 0 Å². The van der Waals surface area contributed by atoms with Gasteiger partial charge in [0.15, 0.2) is 0 Å². The topological polar surface area (TPSA) is 17.1 Å². The third kappa shape index (κ3) is 3.25. The van der Waals surface area contributed by atoms with Crippen LogP contribution in [0.1, 0.15) is 38.5 Å². The molecule has 1 aliphatic rings. The molecule has 2 heteroatoms. The Kier molecular flexibility index (Phi) is 4.88. The van der Waals surface area contributed by atoms with Gasteiger partial charge in [0, 0.05) is 12.3 Å². The number of carbonyl (C=O) groups excluding carboxylic acids is 1. The molecule has 1 atom stereocenters. The molecule has 0 aliphatic heterocycles. The molecular weight excluding hydrogens is 263 g/mol. The second kappa shape index (κ2) is 5.73. The van der Waals surface area contributed by atoms with Crippen LogP contribution in [0.2, 0.25) is 0 Å². The lowest BCUT2D eigenvalue weighted by Crippen LogP contribution is -2.11. The molecule has 1 aliphatic carbocycles.